The van der Waals surface area contributed by atoms with Crippen LogP contribution in [0.5, 0.6) is 0 Å². The largest absolute Gasteiger partial charge is 0.388 e. The van der Waals surface area contributed by atoms with Crippen LogP contribution in [0.15, 0.2) is 0 Å². The second-order valence-corrected chi connectivity index (χ2v) is 3.35. The van der Waals surface area contributed by atoms with Gasteiger partial charge in [0.25, 0.3) is 0 Å². The molecule has 0 unspecified atom stereocenters. The van der Waals surface area contributed by atoms with Crippen molar-refractivity contribution in [1.29, 1.82) is 0 Å². The summed E-state index contributed by atoms with van der Waals surface area (Å²) in [6.45, 7) is 1.20. The van der Waals surface area contributed by atoms with E-state index in [0.29, 0.717) is 6.29 Å². The van der Waals surface area contributed by atoms with E-state index in [1.54, 1.807) is 0 Å². The number of nitrogens with one attached hydrogen (secondary N) is 1. The highest BCUT2D eigenvalue weighted by atomic mass is 16.6. The van der Waals surface area contributed by atoms with Gasteiger partial charge in [0.1, 0.15) is 18.2 Å². The summed E-state index contributed by atoms with van der Waals surface area (Å²) >= 11 is 0. The SMILES string of the molecule is CC(=O)N[C@@H]1[C@@H](O)[C@H](O)[C@@H](C=[OH+])O[C@H]1O.[HH]. The molecular formula is C8H16NO6+. The average molecular weight is 222 g/mol. The van der Waals surface area contributed by atoms with Crippen LogP contribution >= 0.6 is 0 Å². The lowest BCUT2D eigenvalue weighted by Gasteiger charge is -2.37. The molecule has 15 heavy (non-hydrogen) atoms. The van der Waals surface area contributed by atoms with E-state index in [0.717, 1.165) is 0 Å². The van der Waals surface area contributed by atoms with Gasteiger partial charge in [0.05, 0.1) is 0 Å². The highest BCUT2D eigenvalue weighted by Gasteiger charge is 2.45. The van der Waals surface area contributed by atoms with E-state index >= 15 is 0 Å². The first-order valence-electron chi connectivity index (χ1n) is 4.41. The quantitative estimate of drug-likeness (QED) is 0.300. The number of ether oxygens (including phenoxy) is 1. The maximum absolute atomic E-state index is 10.7. The molecule has 1 saturated heterocycles. The summed E-state index contributed by atoms with van der Waals surface area (Å²) in [5, 5.41) is 30.5. The van der Waals surface area contributed by atoms with E-state index < -0.39 is 36.6 Å². The van der Waals surface area contributed by atoms with Crippen molar-refractivity contribution < 1.29 is 31.1 Å². The summed E-state index contributed by atoms with van der Waals surface area (Å²) in [6, 6.07) is -1.12. The summed E-state index contributed by atoms with van der Waals surface area (Å²) in [5.74, 6) is -0.472. The third-order valence-electron chi connectivity index (χ3n) is 2.18. The highest BCUT2D eigenvalue weighted by molar-refractivity contribution is 5.73. The van der Waals surface area contributed by atoms with Gasteiger partial charge < -0.3 is 25.4 Å². The average Bonchev–Trinajstić information content (AvgIpc) is 2.18. The molecule has 1 fully saturated rings. The number of aliphatic hydroxyl groups excluding tert-OH is 3. The molecule has 0 aliphatic carbocycles. The minimum Gasteiger partial charge on any atom is -0.388 e. The molecule has 1 amide bonds. The molecule has 0 spiro atoms. The van der Waals surface area contributed by atoms with Crippen LogP contribution in [0.25, 0.3) is 0 Å². The first-order valence-corrected chi connectivity index (χ1v) is 4.41. The van der Waals surface area contributed by atoms with E-state index in [4.69, 9.17) is 9.53 Å². The Kier molecular flexibility index (Phi) is 3.75. The van der Waals surface area contributed by atoms with Crippen LogP contribution in [0.2, 0.25) is 0 Å². The van der Waals surface area contributed by atoms with Crippen molar-refractivity contribution in [3.8, 4) is 0 Å². The van der Waals surface area contributed by atoms with E-state index in [1.807, 2.05) is 0 Å². The highest BCUT2D eigenvalue weighted by Crippen LogP contribution is 2.18. The van der Waals surface area contributed by atoms with Gasteiger partial charge in [-0.15, -0.1) is 0 Å². The van der Waals surface area contributed by atoms with E-state index in [2.05, 4.69) is 5.32 Å². The van der Waals surface area contributed by atoms with Crippen LogP contribution in [-0.4, -0.2) is 63.0 Å². The van der Waals surface area contributed by atoms with Crippen molar-refractivity contribution in [2.45, 2.75) is 37.6 Å². The van der Waals surface area contributed by atoms with Crippen LogP contribution in [0.3, 0.4) is 0 Å². The fourth-order valence-electron chi connectivity index (χ4n) is 1.42. The molecule has 5 N–H and O–H groups in total. The number of carbonyl (C=O) groups is 1. The summed E-state index contributed by atoms with van der Waals surface area (Å²) < 4.78 is 4.76. The standard InChI is InChI=1S/C8H13NO6.H2/c1-3(11)9-5-7(13)6(12)4(2-10)15-8(5)14;/h2,4-8,12-14H,1H3,(H,9,11);1H/p+1/t4-,5-,6-,7-,8-;/m1./s1. The number of hydrogen-bond acceptors (Lipinski definition) is 5. The molecule has 0 radical (unpaired) electrons. The fraction of sp³-hybridized carbons (Fsp3) is 0.750. The molecule has 0 aromatic heterocycles. The molecular weight excluding hydrogens is 206 g/mol. The van der Waals surface area contributed by atoms with Gasteiger partial charge >= 0.3 is 6.29 Å². The number of hydrogen-bond donors (Lipinski definition) is 4. The topological polar surface area (TPSA) is 120 Å². The van der Waals surface area contributed by atoms with Gasteiger partial charge in [0.2, 0.25) is 5.91 Å². The normalized spacial score (nSPS) is 40.9. The Hall–Kier alpha value is -1.02. The maximum atomic E-state index is 10.7. The van der Waals surface area contributed by atoms with Crippen molar-refractivity contribution in [3.05, 3.63) is 0 Å². The molecule has 0 aromatic rings. The molecule has 7 nitrogen and oxygen atoms in total. The Morgan fingerprint density at radius 3 is 2.53 bits per heavy atom. The Morgan fingerprint density at radius 1 is 1.47 bits per heavy atom. The predicted molar refractivity (Wildman–Crippen MR) is 50.6 cm³/mol. The monoisotopic (exact) mass is 222 g/mol. The summed E-state index contributed by atoms with van der Waals surface area (Å²) in [4.78, 5) is 19.4. The number of aliphatic hydroxyl groups is 3. The zero-order valence-electron chi connectivity index (χ0n) is 8.07. The van der Waals surface area contributed by atoms with Crippen LogP contribution in [0.1, 0.15) is 8.35 Å². The van der Waals surface area contributed by atoms with Gasteiger partial charge in [-0.05, 0) is 0 Å². The van der Waals surface area contributed by atoms with Crippen molar-refractivity contribution in [2.24, 2.45) is 0 Å². The smallest absolute Gasteiger partial charge is 0.313 e. The van der Waals surface area contributed by atoms with E-state index in [-0.39, 0.29) is 1.43 Å². The Morgan fingerprint density at radius 2 is 2.07 bits per heavy atom. The van der Waals surface area contributed by atoms with Crippen LogP contribution in [-0.2, 0) is 9.53 Å². The maximum Gasteiger partial charge on any atom is 0.313 e. The number of carbonyl (C=O) groups excluding carboxylic acids is 2. The van der Waals surface area contributed by atoms with Crippen molar-refractivity contribution in [1.82, 2.24) is 5.32 Å². The second kappa shape index (κ2) is 4.67. The van der Waals surface area contributed by atoms with Gasteiger partial charge in [-0.1, -0.05) is 0 Å². The Balaban J connectivity index is 0.00000225. The molecule has 1 heterocycles. The van der Waals surface area contributed by atoms with Crippen molar-refractivity contribution in [2.75, 3.05) is 0 Å². The van der Waals surface area contributed by atoms with Gasteiger partial charge in [-0.25, -0.2) is 0 Å². The first kappa shape index (κ1) is 12.1. The second-order valence-electron chi connectivity index (χ2n) is 3.35. The van der Waals surface area contributed by atoms with Gasteiger partial charge in [-0.2, -0.15) is 0 Å². The van der Waals surface area contributed by atoms with Gasteiger partial charge in [0.15, 0.2) is 12.4 Å². The molecule has 0 aromatic carbocycles. The minimum atomic E-state index is -1.49. The van der Waals surface area contributed by atoms with Crippen LogP contribution in [0.4, 0.5) is 0 Å². The number of aldehydes is 1. The summed E-state index contributed by atoms with van der Waals surface area (Å²) in [6.07, 6.45) is -4.96. The van der Waals surface area contributed by atoms with Gasteiger partial charge in [0, 0.05) is 8.35 Å². The molecule has 1 aliphatic rings. The lowest BCUT2D eigenvalue weighted by atomic mass is 9.97. The summed E-state index contributed by atoms with van der Waals surface area (Å²) in [7, 11) is 0. The zero-order chi connectivity index (χ0) is 11.6. The molecule has 1 aliphatic heterocycles. The molecule has 5 atom stereocenters. The Labute approximate surface area is 87.1 Å². The van der Waals surface area contributed by atoms with Crippen LogP contribution < -0.4 is 5.32 Å². The zero-order valence-corrected chi connectivity index (χ0v) is 8.07. The minimum absolute atomic E-state index is 0. The molecule has 88 valence electrons. The third kappa shape index (κ3) is 2.51. The summed E-state index contributed by atoms with van der Waals surface area (Å²) in [5.41, 5.74) is 0. The first-order chi connectivity index (χ1) is 6.97. The Bertz CT molecular complexity index is 263. The predicted octanol–water partition coefficient (Wildman–Crippen LogP) is -2.65. The third-order valence-corrected chi connectivity index (χ3v) is 2.18. The van der Waals surface area contributed by atoms with E-state index in [1.165, 1.54) is 6.92 Å². The fourth-order valence-corrected chi connectivity index (χ4v) is 1.42. The lowest BCUT2D eigenvalue weighted by Crippen LogP contribution is -2.63. The molecule has 7 heteroatoms. The lowest BCUT2D eigenvalue weighted by molar-refractivity contribution is -0.229. The molecule has 0 bridgehead atoms. The number of amides is 1. The van der Waals surface area contributed by atoms with Crippen LogP contribution in [0, 0.1) is 0 Å². The van der Waals surface area contributed by atoms with Crippen molar-refractivity contribution in [3.63, 3.8) is 0 Å². The van der Waals surface area contributed by atoms with Crippen molar-refractivity contribution >= 4 is 12.2 Å². The molecule has 1 rings (SSSR count). The van der Waals surface area contributed by atoms with Gasteiger partial charge in [-0.3, -0.25) is 9.59 Å². The molecule has 0 saturated carbocycles. The number of rotatable bonds is 2. The van der Waals surface area contributed by atoms with E-state index in [9.17, 15) is 20.1 Å².